The lowest BCUT2D eigenvalue weighted by molar-refractivity contribution is 0.321. The molecule has 1 N–H and O–H groups in total. The Morgan fingerprint density at radius 1 is 1.16 bits per heavy atom. The van der Waals surface area contributed by atoms with E-state index in [9.17, 15) is 0 Å². The van der Waals surface area contributed by atoms with Crippen LogP contribution in [0.1, 0.15) is 17.7 Å². The second-order valence-electron chi connectivity index (χ2n) is 4.74. The Hall–Kier alpha value is -2.03. The van der Waals surface area contributed by atoms with Crippen LogP contribution < -0.4 is 10.1 Å². The van der Waals surface area contributed by atoms with Gasteiger partial charge in [-0.2, -0.15) is 0 Å². The normalized spacial score (nSPS) is 13.5. The Labute approximate surface area is 113 Å². The van der Waals surface area contributed by atoms with Crippen molar-refractivity contribution in [2.75, 3.05) is 18.5 Å². The minimum absolute atomic E-state index is 0.662. The molecule has 0 radical (unpaired) electrons. The fourth-order valence-corrected chi connectivity index (χ4v) is 2.41. The maximum absolute atomic E-state index is 5.91. The molecule has 3 heteroatoms. The van der Waals surface area contributed by atoms with Crippen molar-refractivity contribution in [3.8, 4) is 5.75 Å². The molecule has 0 aliphatic carbocycles. The highest BCUT2D eigenvalue weighted by Crippen LogP contribution is 2.31. The molecule has 2 aromatic rings. The van der Waals surface area contributed by atoms with E-state index < -0.39 is 0 Å². The zero-order valence-corrected chi connectivity index (χ0v) is 10.9. The second kappa shape index (κ2) is 5.74. The minimum atomic E-state index is 0.662. The van der Waals surface area contributed by atoms with Gasteiger partial charge < -0.3 is 10.1 Å². The van der Waals surface area contributed by atoms with Crippen molar-refractivity contribution in [3.05, 3.63) is 53.9 Å². The first-order valence-corrected chi connectivity index (χ1v) is 6.82. The molecule has 0 atom stereocenters. The zero-order valence-electron chi connectivity index (χ0n) is 10.9. The molecule has 1 aliphatic rings. The standard InChI is InChI=1S/C16H18N2O/c1-2-10-17-14(7-1)9-12-19-15-8-3-5-13-6-4-11-18-16(13)15/h1-3,5,7-8,10,18H,4,6,9,11-12H2. The Morgan fingerprint density at radius 3 is 3.05 bits per heavy atom. The number of nitrogens with zero attached hydrogens (tertiary/aromatic N) is 1. The van der Waals surface area contributed by atoms with Crippen LogP contribution in [0, 0.1) is 0 Å². The molecular weight excluding hydrogens is 236 g/mol. The van der Waals surface area contributed by atoms with E-state index in [0.717, 1.165) is 30.8 Å². The quantitative estimate of drug-likeness (QED) is 0.910. The van der Waals surface area contributed by atoms with Crippen molar-refractivity contribution in [1.82, 2.24) is 4.98 Å². The summed E-state index contributed by atoms with van der Waals surface area (Å²) >= 11 is 0. The number of rotatable bonds is 4. The van der Waals surface area contributed by atoms with Gasteiger partial charge >= 0.3 is 0 Å². The maximum atomic E-state index is 5.91. The van der Waals surface area contributed by atoms with Crippen LogP contribution >= 0.6 is 0 Å². The first kappa shape index (κ1) is 12.0. The van der Waals surface area contributed by atoms with E-state index in [4.69, 9.17) is 4.74 Å². The lowest BCUT2D eigenvalue weighted by Gasteiger charge is -2.21. The number of aryl methyl sites for hydroxylation is 1. The lowest BCUT2D eigenvalue weighted by atomic mass is 10.0. The number of ether oxygens (including phenoxy) is 1. The molecule has 0 saturated carbocycles. The largest absolute Gasteiger partial charge is 0.491 e. The molecule has 19 heavy (non-hydrogen) atoms. The van der Waals surface area contributed by atoms with Crippen molar-refractivity contribution >= 4 is 5.69 Å². The number of fused-ring (bicyclic) bond motifs is 1. The fourth-order valence-electron chi connectivity index (χ4n) is 2.41. The third kappa shape index (κ3) is 2.87. The number of pyridine rings is 1. The fraction of sp³-hybridized carbons (Fsp3) is 0.312. The van der Waals surface area contributed by atoms with Crippen LogP contribution in [-0.2, 0) is 12.8 Å². The molecule has 2 heterocycles. The van der Waals surface area contributed by atoms with Gasteiger partial charge in [-0.3, -0.25) is 4.98 Å². The van der Waals surface area contributed by atoms with Gasteiger partial charge in [0.1, 0.15) is 5.75 Å². The highest BCUT2D eigenvalue weighted by Gasteiger charge is 2.12. The van der Waals surface area contributed by atoms with E-state index in [1.54, 1.807) is 0 Å². The number of anilines is 1. The predicted molar refractivity (Wildman–Crippen MR) is 76.7 cm³/mol. The van der Waals surface area contributed by atoms with Gasteiger partial charge in [-0.05, 0) is 36.6 Å². The summed E-state index contributed by atoms with van der Waals surface area (Å²) in [5, 5.41) is 3.44. The van der Waals surface area contributed by atoms with Gasteiger partial charge in [0.05, 0.1) is 12.3 Å². The Morgan fingerprint density at radius 2 is 2.16 bits per heavy atom. The number of para-hydroxylation sites is 1. The molecule has 0 bridgehead atoms. The molecule has 0 spiro atoms. The van der Waals surface area contributed by atoms with Gasteiger partial charge in [-0.25, -0.2) is 0 Å². The molecular formula is C16H18N2O. The highest BCUT2D eigenvalue weighted by atomic mass is 16.5. The van der Waals surface area contributed by atoms with E-state index in [0.29, 0.717) is 6.61 Å². The van der Waals surface area contributed by atoms with E-state index in [-0.39, 0.29) is 0 Å². The average Bonchev–Trinajstić information content (AvgIpc) is 2.49. The summed E-state index contributed by atoms with van der Waals surface area (Å²) in [5.74, 6) is 0.966. The van der Waals surface area contributed by atoms with Crippen LogP contribution in [0.5, 0.6) is 5.75 Å². The predicted octanol–water partition coefficient (Wildman–Crippen LogP) is 3.06. The number of aromatic nitrogens is 1. The monoisotopic (exact) mass is 254 g/mol. The minimum Gasteiger partial charge on any atom is -0.491 e. The molecule has 0 amide bonds. The lowest BCUT2D eigenvalue weighted by Crippen LogP contribution is -2.13. The van der Waals surface area contributed by atoms with Crippen molar-refractivity contribution in [2.24, 2.45) is 0 Å². The third-order valence-corrected chi connectivity index (χ3v) is 3.38. The van der Waals surface area contributed by atoms with Crippen LogP contribution in [0.15, 0.2) is 42.6 Å². The molecule has 0 saturated heterocycles. The smallest absolute Gasteiger partial charge is 0.142 e. The van der Waals surface area contributed by atoms with E-state index in [1.165, 1.54) is 17.7 Å². The number of hydrogen-bond donors (Lipinski definition) is 1. The second-order valence-corrected chi connectivity index (χ2v) is 4.74. The molecule has 3 nitrogen and oxygen atoms in total. The van der Waals surface area contributed by atoms with Crippen molar-refractivity contribution in [3.63, 3.8) is 0 Å². The van der Waals surface area contributed by atoms with Crippen molar-refractivity contribution in [1.29, 1.82) is 0 Å². The van der Waals surface area contributed by atoms with Crippen LogP contribution in [0.4, 0.5) is 5.69 Å². The summed E-state index contributed by atoms with van der Waals surface area (Å²) in [6, 6.07) is 12.3. The Kier molecular flexibility index (Phi) is 3.63. The van der Waals surface area contributed by atoms with E-state index in [2.05, 4.69) is 22.4 Å². The molecule has 0 fully saturated rings. The SMILES string of the molecule is c1ccc(CCOc2cccc3c2NCCC3)nc1. The van der Waals surface area contributed by atoms with E-state index in [1.807, 2.05) is 30.5 Å². The summed E-state index contributed by atoms with van der Waals surface area (Å²) in [4.78, 5) is 4.30. The number of benzene rings is 1. The summed E-state index contributed by atoms with van der Waals surface area (Å²) in [5.41, 5.74) is 3.61. The molecule has 1 aromatic heterocycles. The van der Waals surface area contributed by atoms with Gasteiger partial charge in [-0.15, -0.1) is 0 Å². The van der Waals surface area contributed by atoms with Gasteiger partial charge in [0.15, 0.2) is 0 Å². The Balaban J connectivity index is 1.64. The van der Waals surface area contributed by atoms with Gasteiger partial charge in [0.2, 0.25) is 0 Å². The summed E-state index contributed by atoms with van der Waals surface area (Å²) in [6.45, 7) is 1.70. The zero-order chi connectivity index (χ0) is 12.9. The molecule has 0 unspecified atom stereocenters. The molecule has 1 aromatic carbocycles. The Bertz CT molecular complexity index is 540. The average molecular weight is 254 g/mol. The van der Waals surface area contributed by atoms with Gasteiger partial charge in [-0.1, -0.05) is 18.2 Å². The maximum Gasteiger partial charge on any atom is 0.142 e. The third-order valence-electron chi connectivity index (χ3n) is 3.38. The number of nitrogens with one attached hydrogen (secondary N) is 1. The first-order valence-electron chi connectivity index (χ1n) is 6.82. The summed E-state index contributed by atoms with van der Waals surface area (Å²) in [7, 11) is 0. The van der Waals surface area contributed by atoms with Crippen molar-refractivity contribution in [2.45, 2.75) is 19.3 Å². The first-order chi connectivity index (χ1) is 9.43. The van der Waals surface area contributed by atoms with E-state index >= 15 is 0 Å². The van der Waals surface area contributed by atoms with Crippen LogP contribution in [0.3, 0.4) is 0 Å². The van der Waals surface area contributed by atoms with Gasteiger partial charge in [0.25, 0.3) is 0 Å². The van der Waals surface area contributed by atoms with Crippen LogP contribution in [-0.4, -0.2) is 18.1 Å². The highest BCUT2D eigenvalue weighted by molar-refractivity contribution is 5.63. The molecule has 1 aliphatic heterocycles. The number of hydrogen-bond acceptors (Lipinski definition) is 3. The van der Waals surface area contributed by atoms with Crippen LogP contribution in [0.25, 0.3) is 0 Å². The summed E-state index contributed by atoms with van der Waals surface area (Å²) in [6.07, 6.45) is 5.00. The summed E-state index contributed by atoms with van der Waals surface area (Å²) < 4.78 is 5.91. The van der Waals surface area contributed by atoms with Crippen LogP contribution in [0.2, 0.25) is 0 Å². The topological polar surface area (TPSA) is 34.1 Å². The van der Waals surface area contributed by atoms with Crippen molar-refractivity contribution < 1.29 is 4.74 Å². The van der Waals surface area contributed by atoms with Gasteiger partial charge in [0, 0.05) is 24.9 Å². The molecule has 98 valence electrons. The molecule has 3 rings (SSSR count).